The van der Waals surface area contributed by atoms with Gasteiger partial charge in [-0.3, -0.25) is 0 Å². The van der Waals surface area contributed by atoms with Gasteiger partial charge in [-0.25, -0.2) is 9.48 Å². The lowest BCUT2D eigenvalue weighted by atomic mass is 10.1. The van der Waals surface area contributed by atoms with Crippen LogP contribution in [0.4, 0.5) is 24.7 Å². The molecule has 0 aliphatic rings. The predicted molar refractivity (Wildman–Crippen MR) is 109 cm³/mol. The maximum Gasteiger partial charge on any atom is 0.435 e. The summed E-state index contributed by atoms with van der Waals surface area (Å²) >= 11 is 5.99. The number of aromatic nitrogens is 2. The Morgan fingerprint density at radius 1 is 1.23 bits per heavy atom. The van der Waals surface area contributed by atoms with E-state index in [0.717, 1.165) is 5.56 Å². The summed E-state index contributed by atoms with van der Waals surface area (Å²) in [5.41, 5.74) is 0.575. The van der Waals surface area contributed by atoms with Gasteiger partial charge in [0, 0.05) is 10.6 Å². The second-order valence-electron chi connectivity index (χ2n) is 6.53. The summed E-state index contributed by atoms with van der Waals surface area (Å²) in [7, 11) is 1.21. The summed E-state index contributed by atoms with van der Waals surface area (Å²) in [6.07, 6.45) is -4.56. The summed E-state index contributed by atoms with van der Waals surface area (Å²) in [4.78, 5) is 12.2. The van der Waals surface area contributed by atoms with Gasteiger partial charge < -0.3 is 10.1 Å². The lowest BCUT2D eigenvalue weighted by Crippen LogP contribution is -2.09. The van der Waals surface area contributed by atoms with Crippen LogP contribution in [0.15, 0.2) is 42.5 Å². The van der Waals surface area contributed by atoms with Gasteiger partial charge in [0.1, 0.15) is 5.82 Å². The van der Waals surface area contributed by atoms with Gasteiger partial charge in [0.05, 0.1) is 24.0 Å². The average molecular weight is 438 g/mol. The molecule has 3 rings (SSSR count). The van der Waals surface area contributed by atoms with Gasteiger partial charge in [0.15, 0.2) is 5.69 Å². The number of esters is 1. The Morgan fingerprint density at radius 2 is 1.93 bits per heavy atom. The minimum absolute atomic E-state index is 0.0171. The molecule has 0 aliphatic carbocycles. The summed E-state index contributed by atoms with van der Waals surface area (Å²) in [6, 6.07) is 11.4. The SMILES string of the molecule is CCc1c(C(F)(F)F)nn(-c2ccccc2C)c1Nc1ccc(Cl)cc1C(=O)OC. The number of nitrogens with one attached hydrogen (secondary N) is 1. The summed E-state index contributed by atoms with van der Waals surface area (Å²) in [6.45, 7) is 3.39. The standard InChI is InChI=1S/C21H19ClF3N3O2/c1-4-14-18(21(23,24)25)27-28(17-8-6-5-7-12(17)2)19(14)26-16-10-9-13(22)11-15(16)20(29)30-3/h5-11,26H,4H2,1-3H3. The zero-order valence-corrected chi connectivity index (χ0v) is 17.2. The van der Waals surface area contributed by atoms with Crippen molar-refractivity contribution in [2.45, 2.75) is 26.4 Å². The molecule has 0 bridgehead atoms. The van der Waals surface area contributed by atoms with E-state index in [9.17, 15) is 18.0 Å². The number of benzene rings is 2. The van der Waals surface area contributed by atoms with E-state index in [2.05, 4.69) is 10.4 Å². The first-order chi connectivity index (χ1) is 14.2. The third kappa shape index (κ3) is 4.14. The molecule has 30 heavy (non-hydrogen) atoms. The number of halogens is 4. The van der Waals surface area contributed by atoms with Crippen molar-refractivity contribution in [3.8, 4) is 5.69 Å². The Labute approximate surface area is 176 Å². The molecule has 5 nitrogen and oxygen atoms in total. The molecule has 0 spiro atoms. The van der Waals surface area contributed by atoms with E-state index in [4.69, 9.17) is 16.3 Å². The lowest BCUT2D eigenvalue weighted by Gasteiger charge is -2.15. The van der Waals surface area contributed by atoms with Crippen LogP contribution >= 0.6 is 11.6 Å². The minimum Gasteiger partial charge on any atom is -0.465 e. The van der Waals surface area contributed by atoms with E-state index in [1.54, 1.807) is 38.1 Å². The van der Waals surface area contributed by atoms with Crippen molar-refractivity contribution in [1.29, 1.82) is 0 Å². The Bertz CT molecular complexity index is 1090. The highest BCUT2D eigenvalue weighted by molar-refractivity contribution is 6.31. The van der Waals surface area contributed by atoms with E-state index in [0.29, 0.717) is 10.7 Å². The Kier molecular flexibility index (Phi) is 6.07. The zero-order valence-electron chi connectivity index (χ0n) is 16.5. The van der Waals surface area contributed by atoms with E-state index in [-0.39, 0.29) is 29.1 Å². The molecule has 0 amide bonds. The zero-order chi connectivity index (χ0) is 22.1. The van der Waals surface area contributed by atoms with Crippen LogP contribution in [-0.2, 0) is 17.3 Å². The molecule has 158 valence electrons. The number of para-hydroxylation sites is 1. The van der Waals surface area contributed by atoms with Crippen molar-refractivity contribution in [3.05, 3.63) is 69.9 Å². The first kappa shape index (κ1) is 21.7. The van der Waals surface area contributed by atoms with Gasteiger partial charge in [-0.1, -0.05) is 36.7 Å². The maximum absolute atomic E-state index is 13.7. The number of hydrogen-bond donors (Lipinski definition) is 1. The van der Waals surface area contributed by atoms with Crippen molar-refractivity contribution < 1.29 is 22.7 Å². The second-order valence-corrected chi connectivity index (χ2v) is 6.97. The van der Waals surface area contributed by atoms with Crippen LogP contribution < -0.4 is 5.32 Å². The van der Waals surface area contributed by atoms with Crippen LogP contribution in [0.2, 0.25) is 5.02 Å². The molecule has 0 aliphatic heterocycles. The molecule has 2 aromatic carbocycles. The van der Waals surface area contributed by atoms with E-state index < -0.39 is 17.8 Å². The molecule has 0 radical (unpaired) electrons. The minimum atomic E-state index is -4.64. The van der Waals surface area contributed by atoms with Crippen LogP contribution in [0.25, 0.3) is 5.69 Å². The molecule has 1 aromatic heterocycles. The maximum atomic E-state index is 13.7. The Balaban J connectivity index is 2.26. The van der Waals surface area contributed by atoms with Crippen LogP contribution in [0.5, 0.6) is 0 Å². The molecular weight excluding hydrogens is 419 g/mol. The van der Waals surface area contributed by atoms with Gasteiger partial charge in [0.25, 0.3) is 0 Å². The largest absolute Gasteiger partial charge is 0.465 e. The smallest absolute Gasteiger partial charge is 0.435 e. The van der Waals surface area contributed by atoms with Crippen LogP contribution in [0, 0.1) is 6.92 Å². The number of carbonyl (C=O) groups excluding carboxylic acids is 1. The highest BCUT2D eigenvalue weighted by atomic mass is 35.5. The predicted octanol–water partition coefficient (Wildman–Crippen LogP) is 5.95. The van der Waals surface area contributed by atoms with Gasteiger partial charge >= 0.3 is 12.1 Å². The topological polar surface area (TPSA) is 56.2 Å². The first-order valence-corrected chi connectivity index (χ1v) is 9.45. The van der Waals surface area contributed by atoms with E-state index in [1.165, 1.54) is 30.0 Å². The highest BCUT2D eigenvalue weighted by Gasteiger charge is 2.39. The molecule has 3 aromatic rings. The molecule has 1 heterocycles. The van der Waals surface area contributed by atoms with Crippen LogP contribution in [-0.4, -0.2) is 22.9 Å². The third-order valence-electron chi connectivity index (χ3n) is 4.59. The second kappa shape index (κ2) is 8.39. The quantitative estimate of drug-likeness (QED) is 0.501. The van der Waals surface area contributed by atoms with Crippen molar-refractivity contribution in [2.24, 2.45) is 0 Å². The number of alkyl halides is 3. The summed E-state index contributed by atoms with van der Waals surface area (Å²) in [5.74, 6) is -0.553. The molecule has 0 saturated carbocycles. The number of nitrogens with zero attached hydrogens (tertiary/aromatic N) is 2. The molecule has 0 saturated heterocycles. The molecule has 1 N–H and O–H groups in total. The number of hydrogen-bond acceptors (Lipinski definition) is 4. The van der Waals surface area contributed by atoms with Crippen molar-refractivity contribution in [1.82, 2.24) is 9.78 Å². The van der Waals surface area contributed by atoms with Gasteiger partial charge in [0.2, 0.25) is 0 Å². The molecule has 0 atom stereocenters. The molecule has 0 unspecified atom stereocenters. The lowest BCUT2D eigenvalue weighted by molar-refractivity contribution is -0.141. The molecule has 9 heteroatoms. The van der Waals surface area contributed by atoms with Gasteiger partial charge in [-0.15, -0.1) is 0 Å². The number of rotatable bonds is 5. The normalized spacial score (nSPS) is 11.4. The molecular formula is C21H19ClF3N3O2. The average Bonchev–Trinajstić information content (AvgIpc) is 3.07. The fourth-order valence-electron chi connectivity index (χ4n) is 3.15. The first-order valence-electron chi connectivity index (χ1n) is 9.07. The van der Waals surface area contributed by atoms with E-state index in [1.807, 2.05) is 0 Å². The van der Waals surface area contributed by atoms with Crippen molar-refractivity contribution >= 4 is 29.1 Å². The number of carbonyl (C=O) groups is 1. The summed E-state index contributed by atoms with van der Waals surface area (Å²) < 4.78 is 47.1. The fraction of sp³-hybridized carbons (Fsp3) is 0.238. The Morgan fingerprint density at radius 3 is 2.53 bits per heavy atom. The van der Waals surface area contributed by atoms with Gasteiger partial charge in [-0.05, 0) is 43.2 Å². The monoisotopic (exact) mass is 437 g/mol. The third-order valence-corrected chi connectivity index (χ3v) is 4.82. The highest BCUT2D eigenvalue weighted by Crippen LogP contribution is 2.38. The van der Waals surface area contributed by atoms with Gasteiger partial charge in [-0.2, -0.15) is 18.3 Å². The van der Waals surface area contributed by atoms with Crippen LogP contribution in [0.1, 0.15) is 34.1 Å². The number of anilines is 2. The Hall–Kier alpha value is -3.00. The number of ether oxygens (including phenoxy) is 1. The van der Waals surface area contributed by atoms with Crippen molar-refractivity contribution in [3.63, 3.8) is 0 Å². The molecule has 0 fully saturated rings. The summed E-state index contributed by atoms with van der Waals surface area (Å²) in [5, 5.41) is 7.13. The van der Waals surface area contributed by atoms with Crippen LogP contribution in [0.3, 0.4) is 0 Å². The van der Waals surface area contributed by atoms with Crippen molar-refractivity contribution in [2.75, 3.05) is 12.4 Å². The van der Waals surface area contributed by atoms with E-state index >= 15 is 0 Å². The number of aryl methyl sites for hydroxylation is 1. The number of methoxy groups -OCH3 is 1. The fourth-order valence-corrected chi connectivity index (χ4v) is 3.32.